The van der Waals surface area contributed by atoms with Crippen LogP contribution in [0.2, 0.25) is 0 Å². The lowest BCUT2D eigenvalue weighted by Crippen LogP contribution is -2.13. The van der Waals surface area contributed by atoms with E-state index in [2.05, 4.69) is 19.1 Å². The molecule has 3 atom stereocenters. The van der Waals surface area contributed by atoms with E-state index in [0.717, 1.165) is 76.2 Å². The number of carboxylic acids is 1. The first-order valence-corrected chi connectivity index (χ1v) is 11.5. The quantitative estimate of drug-likeness (QED) is 0.364. The molecule has 162 valence electrons. The Morgan fingerprint density at radius 1 is 1.03 bits per heavy atom. The summed E-state index contributed by atoms with van der Waals surface area (Å²) in [5, 5.41) is 19.0. The number of benzene rings is 1. The Kier molecular flexibility index (Phi) is 10.4. The van der Waals surface area contributed by atoms with Gasteiger partial charge in [0.2, 0.25) is 0 Å². The monoisotopic (exact) mass is 402 g/mol. The molecule has 2 N–H and O–H groups in total. The highest BCUT2D eigenvalue weighted by Gasteiger charge is 2.34. The molecule has 1 aromatic carbocycles. The minimum atomic E-state index is -0.719. The molecule has 0 aromatic heterocycles. The number of rotatable bonds is 14. The molecule has 1 aromatic rings. The molecule has 2 unspecified atom stereocenters. The van der Waals surface area contributed by atoms with E-state index in [4.69, 9.17) is 5.11 Å². The minimum Gasteiger partial charge on any atom is -0.481 e. The van der Waals surface area contributed by atoms with Gasteiger partial charge in [-0.2, -0.15) is 0 Å². The average Bonchev–Trinajstić information content (AvgIpc) is 3.07. The molecule has 1 saturated carbocycles. The molecule has 4 heteroatoms. The van der Waals surface area contributed by atoms with Gasteiger partial charge in [-0.1, -0.05) is 76.1 Å². The van der Waals surface area contributed by atoms with E-state index in [1.165, 1.54) is 5.56 Å². The molecule has 1 aliphatic carbocycles. The van der Waals surface area contributed by atoms with Crippen LogP contribution in [0.25, 0.3) is 0 Å². The van der Waals surface area contributed by atoms with Gasteiger partial charge < -0.3 is 10.2 Å². The van der Waals surface area contributed by atoms with E-state index in [9.17, 15) is 14.7 Å². The van der Waals surface area contributed by atoms with Gasteiger partial charge >= 0.3 is 5.97 Å². The molecule has 4 nitrogen and oxygen atoms in total. The van der Waals surface area contributed by atoms with E-state index in [1.807, 2.05) is 12.1 Å². The third-order valence-corrected chi connectivity index (χ3v) is 6.34. The third kappa shape index (κ3) is 7.93. The molecule has 0 radical (unpaired) electrons. The van der Waals surface area contributed by atoms with Gasteiger partial charge in [-0.3, -0.25) is 9.59 Å². The number of aliphatic hydroxyl groups excluding tert-OH is 1. The summed E-state index contributed by atoms with van der Waals surface area (Å²) in [5.41, 5.74) is 2.21. The van der Waals surface area contributed by atoms with Crippen molar-refractivity contribution in [1.29, 1.82) is 0 Å². The van der Waals surface area contributed by atoms with Crippen LogP contribution < -0.4 is 0 Å². The number of hydrogen-bond donors (Lipinski definition) is 2. The molecule has 0 aliphatic heterocycles. The summed E-state index contributed by atoms with van der Waals surface area (Å²) >= 11 is 0. The number of Topliss-reactive ketones (excluding diaryl/α,β-unsaturated/α-hetero) is 1. The molecule has 1 fully saturated rings. The van der Waals surface area contributed by atoms with Crippen molar-refractivity contribution in [2.45, 2.75) is 102 Å². The highest BCUT2D eigenvalue weighted by molar-refractivity contribution is 5.84. The van der Waals surface area contributed by atoms with Crippen molar-refractivity contribution < 1.29 is 19.8 Å². The molecule has 0 saturated heterocycles. The van der Waals surface area contributed by atoms with Crippen LogP contribution in [0.4, 0.5) is 0 Å². The van der Waals surface area contributed by atoms with Crippen LogP contribution in [-0.2, 0) is 9.59 Å². The Balaban J connectivity index is 1.80. The van der Waals surface area contributed by atoms with Crippen LogP contribution in [0.5, 0.6) is 0 Å². The van der Waals surface area contributed by atoms with Crippen molar-refractivity contribution in [3.05, 3.63) is 35.4 Å². The van der Waals surface area contributed by atoms with Crippen LogP contribution in [0.15, 0.2) is 24.3 Å². The van der Waals surface area contributed by atoms with Crippen molar-refractivity contribution in [2.75, 3.05) is 0 Å². The molecule has 2 rings (SSSR count). The lowest BCUT2D eigenvalue weighted by atomic mass is 9.84. The summed E-state index contributed by atoms with van der Waals surface area (Å²) in [5.74, 6) is 0.101. The number of hydrogen-bond acceptors (Lipinski definition) is 3. The van der Waals surface area contributed by atoms with Crippen LogP contribution in [-0.4, -0.2) is 22.0 Å². The van der Waals surface area contributed by atoms with Gasteiger partial charge in [0.1, 0.15) is 5.78 Å². The Labute approximate surface area is 175 Å². The van der Waals surface area contributed by atoms with E-state index in [1.54, 1.807) is 0 Å². The Morgan fingerprint density at radius 2 is 1.72 bits per heavy atom. The van der Waals surface area contributed by atoms with E-state index in [-0.39, 0.29) is 12.3 Å². The summed E-state index contributed by atoms with van der Waals surface area (Å²) < 4.78 is 0. The smallest absolute Gasteiger partial charge is 0.303 e. The highest BCUT2D eigenvalue weighted by atomic mass is 16.4. The molecular weight excluding hydrogens is 364 g/mol. The average molecular weight is 403 g/mol. The minimum absolute atomic E-state index is 0.120. The molecule has 0 heterocycles. The summed E-state index contributed by atoms with van der Waals surface area (Å²) in [4.78, 5) is 23.0. The number of aliphatic hydroxyl groups is 1. The summed E-state index contributed by atoms with van der Waals surface area (Å²) in [7, 11) is 0. The molecule has 0 amide bonds. The first kappa shape index (κ1) is 23.6. The second-order valence-corrected chi connectivity index (χ2v) is 8.60. The van der Waals surface area contributed by atoms with Crippen LogP contribution in [0.3, 0.4) is 0 Å². The SMILES string of the molecule is CCCCCC(O)c1ccc(C2CCC(=O)[C@@H]2CCCCCCCC(=O)O)cc1. The maximum Gasteiger partial charge on any atom is 0.303 e. The predicted octanol–water partition coefficient (Wildman–Crippen LogP) is 6.18. The maximum atomic E-state index is 12.4. The van der Waals surface area contributed by atoms with E-state index >= 15 is 0 Å². The number of carbonyl (C=O) groups excluding carboxylic acids is 1. The van der Waals surface area contributed by atoms with Crippen molar-refractivity contribution in [3.8, 4) is 0 Å². The first-order chi connectivity index (χ1) is 14.0. The Bertz CT molecular complexity index is 622. The van der Waals surface area contributed by atoms with Crippen molar-refractivity contribution in [2.24, 2.45) is 5.92 Å². The topological polar surface area (TPSA) is 74.6 Å². The van der Waals surface area contributed by atoms with Gasteiger partial charge in [0, 0.05) is 18.8 Å². The van der Waals surface area contributed by atoms with Gasteiger partial charge in [-0.25, -0.2) is 0 Å². The summed E-state index contributed by atoms with van der Waals surface area (Å²) in [6.45, 7) is 2.17. The largest absolute Gasteiger partial charge is 0.481 e. The third-order valence-electron chi connectivity index (χ3n) is 6.34. The number of carboxylic acid groups (broad SMARTS) is 1. The fourth-order valence-electron chi connectivity index (χ4n) is 4.56. The standard InChI is InChI=1S/C25H38O4/c1-2-3-7-11-23(26)20-15-13-19(14-16-20)21-17-18-24(27)22(21)10-8-5-4-6-9-12-25(28)29/h13-16,21-23,26H,2-12,17-18H2,1H3,(H,28,29)/t21?,22-,23?/m1/s1. The van der Waals surface area contributed by atoms with Crippen LogP contribution in [0.1, 0.15) is 114 Å². The molecule has 0 spiro atoms. The number of aliphatic carboxylic acids is 1. The Morgan fingerprint density at radius 3 is 2.41 bits per heavy atom. The maximum absolute atomic E-state index is 12.4. The fourth-order valence-corrected chi connectivity index (χ4v) is 4.56. The number of ketones is 1. The molecule has 29 heavy (non-hydrogen) atoms. The normalized spacial score (nSPS) is 20.1. The lowest BCUT2D eigenvalue weighted by molar-refractivity contribution is -0.137. The second kappa shape index (κ2) is 12.8. The number of unbranched alkanes of at least 4 members (excludes halogenated alkanes) is 6. The first-order valence-electron chi connectivity index (χ1n) is 11.5. The van der Waals surface area contributed by atoms with Crippen molar-refractivity contribution in [3.63, 3.8) is 0 Å². The molecule has 0 bridgehead atoms. The fraction of sp³-hybridized carbons (Fsp3) is 0.680. The van der Waals surface area contributed by atoms with Gasteiger partial charge in [0.25, 0.3) is 0 Å². The van der Waals surface area contributed by atoms with Gasteiger partial charge in [0.15, 0.2) is 0 Å². The van der Waals surface area contributed by atoms with E-state index < -0.39 is 12.1 Å². The van der Waals surface area contributed by atoms with Crippen molar-refractivity contribution >= 4 is 11.8 Å². The lowest BCUT2D eigenvalue weighted by Gasteiger charge is -2.20. The summed E-state index contributed by atoms with van der Waals surface area (Å²) in [6.07, 6.45) is 11.4. The second-order valence-electron chi connectivity index (χ2n) is 8.60. The Hall–Kier alpha value is -1.68. The van der Waals surface area contributed by atoms with Crippen molar-refractivity contribution in [1.82, 2.24) is 0 Å². The predicted molar refractivity (Wildman–Crippen MR) is 116 cm³/mol. The van der Waals surface area contributed by atoms with Gasteiger partial charge in [0.05, 0.1) is 6.10 Å². The highest BCUT2D eigenvalue weighted by Crippen LogP contribution is 2.40. The summed E-state index contributed by atoms with van der Waals surface area (Å²) in [6, 6.07) is 8.30. The van der Waals surface area contributed by atoms with Crippen LogP contribution >= 0.6 is 0 Å². The zero-order chi connectivity index (χ0) is 21.1. The zero-order valence-corrected chi connectivity index (χ0v) is 17.9. The van der Waals surface area contributed by atoms with Crippen LogP contribution in [0, 0.1) is 5.92 Å². The number of carbonyl (C=O) groups is 2. The molecule has 1 aliphatic rings. The van der Waals surface area contributed by atoms with Gasteiger partial charge in [-0.15, -0.1) is 0 Å². The van der Waals surface area contributed by atoms with E-state index in [0.29, 0.717) is 18.1 Å². The molecular formula is C25H38O4. The van der Waals surface area contributed by atoms with Gasteiger partial charge in [-0.05, 0) is 42.7 Å². The zero-order valence-electron chi connectivity index (χ0n) is 17.9.